The van der Waals surface area contributed by atoms with Gasteiger partial charge in [-0.2, -0.15) is 5.10 Å². The molecule has 7 nitrogen and oxygen atoms in total. The highest BCUT2D eigenvalue weighted by Crippen LogP contribution is 2.38. The maximum atomic E-state index is 12.6. The van der Waals surface area contributed by atoms with Gasteiger partial charge >= 0.3 is 6.03 Å². The SMILES string of the molecule is Cn1nc(C2CCCOC2)cc1NC(=O)N1CCOC2(CCC2)C1. The van der Waals surface area contributed by atoms with Crippen LogP contribution in [0.2, 0.25) is 0 Å². The fourth-order valence-corrected chi connectivity index (χ4v) is 3.86. The Morgan fingerprint density at radius 2 is 2.25 bits per heavy atom. The number of aryl methyl sites for hydroxylation is 1. The molecule has 3 aliphatic rings. The van der Waals surface area contributed by atoms with Crippen molar-refractivity contribution < 1.29 is 14.3 Å². The van der Waals surface area contributed by atoms with Crippen LogP contribution in [0.4, 0.5) is 10.6 Å². The Balaban J connectivity index is 1.41. The number of amides is 2. The monoisotopic (exact) mass is 334 g/mol. The van der Waals surface area contributed by atoms with Crippen molar-refractivity contribution >= 4 is 11.8 Å². The standard InChI is InChI=1S/C17H26N4O3/c1-20-15(10-14(19-20)13-4-2-8-23-11-13)18-16(22)21-7-9-24-17(12-21)5-3-6-17/h10,13H,2-9,11-12H2,1H3,(H,18,22). The zero-order valence-corrected chi connectivity index (χ0v) is 14.3. The second kappa shape index (κ2) is 6.37. The molecule has 1 N–H and O–H groups in total. The van der Waals surface area contributed by atoms with Crippen LogP contribution < -0.4 is 5.32 Å². The summed E-state index contributed by atoms with van der Waals surface area (Å²) in [5, 5.41) is 7.58. The van der Waals surface area contributed by atoms with Crippen LogP contribution >= 0.6 is 0 Å². The highest BCUT2D eigenvalue weighted by atomic mass is 16.5. The first-order chi connectivity index (χ1) is 11.7. The normalized spacial score (nSPS) is 26.2. The molecule has 1 unspecified atom stereocenters. The maximum Gasteiger partial charge on any atom is 0.323 e. The highest BCUT2D eigenvalue weighted by Gasteiger charge is 2.43. The van der Waals surface area contributed by atoms with Crippen molar-refractivity contribution in [2.24, 2.45) is 7.05 Å². The largest absolute Gasteiger partial charge is 0.381 e. The van der Waals surface area contributed by atoms with Crippen LogP contribution in [0.25, 0.3) is 0 Å². The van der Waals surface area contributed by atoms with Gasteiger partial charge in [-0.1, -0.05) is 0 Å². The Kier molecular flexibility index (Phi) is 4.22. The average molecular weight is 334 g/mol. The smallest absolute Gasteiger partial charge is 0.323 e. The fraction of sp³-hybridized carbons (Fsp3) is 0.765. The molecule has 2 amide bonds. The molecule has 3 fully saturated rings. The molecule has 2 saturated heterocycles. The third-order valence-corrected chi connectivity index (χ3v) is 5.51. The summed E-state index contributed by atoms with van der Waals surface area (Å²) in [6.45, 7) is 3.53. The van der Waals surface area contributed by atoms with E-state index in [-0.39, 0.29) is 11.6 Å². The highest BCUT2D eigenvalue weighted by molar-refractivity contribution is 5.88. The van der Waals surface area contributed by atoms with Crippen LogP contribution in [0, 0.1) is 0 Å². The van der Waals surface area contributed by atoms with Gasteiger partial charge in [0.1, 0.15) is 5.82 Å². The topological polar surface area (TPSA) is 68.6 Å². The van der Waals surface area contributed by atoms with Gasteiger partial charge in [-0.15, -0.1) is 0 Å². The van der Waals surface area contributed by atoms with Crippen LogP contribution in [-0.2, 0) is 16.5 Å². The number of urea groups is 1. The lowest BCUT2D eigenvalue weighted by molar-refractivity contribution is -0.140. The van der Waals surface area contributed by atoms with E-state index in [2.05, 4.69) is 10.4 Å². The summed E-state index contributed by atoms with van der Waals surface area (Å²) in [7, 11) is 1.87. The summed E-state index contributed by atoms with van der Waals surface area (Å²) in [5.74, 6) is 1.08. The van der Waals surface area contributed by atoms with Crippen LogP contribution in [-0.4, -0.2) is 59.2 Å². The number of aromatic nitrogens is 2. The number of nitrogens with one attached hydrogen (secondary N) is 1. The summed E-state index contributed by atoms with van der Waals surface area (Å²) in [4.78, 5) is 14.5. The second-order valence-electron chi connectivity index (χ2n) is 7.23. The number of hydrogen-bond donors (Lipinski definition) is 1. The van der Waals surface area contributed by atoms with Gasteiger partial charge in [0.25, 0.3) is 0 Å². The summed E-state index contributed by atoms with van der Waals surface area (Å²) in [6.07, 6.45) is 5.49. The lowest BCUT2D eigenvalue weighted by atomic mass is 9.79. The molecule has 1 aromatic rings. The van der Waals surface area contributed by atoms with Crippen molar-refractivity contribution in [3.63, 3.8) is 0 Å². The molecule has 1 aliphatic carbocycles. The molecular weight excluding hydrogens is 308 g/mol. The molecule has 0 aromatic carbocycles. The number of ether oxygens (including phenoxy) is 2. The van der Waals surface area contributed by atoms with Gasteiger partial charge in [0.05, 0.1) is 31.1 Å². The number of morpholine rings is 1. The molecule has 1 aromatic heterocycles. The van der Waals surface area contributed by atoms with Crippen molar-refractivity contribution in [2.45, 2.75) is 43.6 Å². The summed E-state index contributed by atoms with van der Waals surface area (Å²) in [6, 6.07) is 1.93. The molecule has 24 heavy (non-hydrogen) atoms. The number of rotatable bonds is 2. The van der Waals surface area contributed by atoms with Crippen molar-refractivity contribution in [3.8, 4) is 0 Å². The first-order valence-corrected chi connectivity index (χ1v) is 8.97. The summed E-state index contributed by atoms with van der Waals surface area (Å²) >= 11 is 0. The first-order valence-electron chi connectivity index (χ1n) is 8.97. The molecule has 132 valence electrons. The van der Waals surface area contributed by atoms with Crippen molar-refractivity contribution in [3.05, 3.63) is 11.8 Å². The third kappa shape index (κ3) is 3.02. The lowest BCUT2D eigenvalue weighted by Crippen LogP contribution is -2.57. The third-order valence-electron chi connectivity index (χ3n) is 5.51. The van der Waals surface area contributed by atoms with Crippen LogP contribution in [0.3, 0.4) is 0 Å². The Bertz CT molecular complexity index is 605. The molecule has 0 bridgehead atoms. The predicted molar refractivity (Wildman–Crippen MR) is 89.1 cm³/mol. The lowest BCUT2D eigenvalue weighted by Gasteiger charge is -2.48. The molecule has 1 saturated carbocycles. The molecule has 0 radical (unpaired) electrons. The number of anilines is 1. The Morgan fingerprint density at radius 3 is 2.96 bits per heavy atom. The van der Waals surface area contributed by atoms with Gasteiger partial charge in [-0.3, -0.25) is 10.00 Å². The van der Waals surface area contributed by atoms with E-state index >= 15 is 0 Å². The molecule has 1 atom stereocenters. The maximum absolute atomic E-state index is 12.6. The molecule has 7 heteroatoms. The zero-order valence-electron chi connectivity index (χ0n) is 14.3. The van der Waals surface area contributed by atoms with Crippen molar-refractivity contribution in [1.82, 2.24) is 14.7 Å². The molecule has 3 heterocycles. The summed E-state index contributed by atoms with van der Waals surface area (Å²) < 4.78 is 13.2. The minimum Gasteiger partial charge on any atom is -0.381 e. The molecule has 4 rings (SSSR count). The van der Waals surface area contributed by atoms with E-state index in [4.69, 9.17) is 9.47 Å². The van der Waals surface area contributed by atoms with Crippen molar-refractivity contribution in [2.75, 3.05) is 38.2 Å². The number of hydrogen-bond acceptors (Lipinski definition) is 4. The van der Waals surface area contributed by atoms with Crippen LogP contribution in [0.15, 0.2) is 6.07 Å². The first kappa shape index (κ1) is 15.9. The van der Waals surface area contributed by atoms with Gasteiger partial charge in [0.15, 0.2) is 0 Å². The van der Waals surface area contributed by atoms with E-state index < -0.39 is 0 Å². The van der Waals surface area contributed by atoms with E-state index in [1.807, 2.05) is 18.0 Å². The number of nitrogens with zero attached hydrogens (tertiary/aromatic N) is 3. The van der Waals surface area contributed by atoms with Crippen LogP contribution in [0.1, 0.15) is 43.7 Å². The Morgan fingerprint density at radius 1 is 1.38 bits per heavy atom. The Hall–Kier alpha value is -1.60. The van der Waals surface area contributed by atoms with Gasteiger partial charge in [-0.25, -0.2) is 4.79 Å². The molecule has 2 aliphatic heterocycles. The van der Waals surface area contributed by atoms with Crippen molar-refractivity contribution in [1.29, 1.82) is 0 Å². The molecule has 1 spiro atoms. The molecular formula is C17H26N4O3. The number of carbonyl (C=O) groups is 1. The minimum absolute atomic E-state index is 0.0565. The fourth-order valence-electron chi connectivity index (χ4n) is 3.86. The van der Waals surface area contributed by atoms with E-state index in [1.54, 1.807) is 4.68 Å². The summed E-state index contributed by atoms with van der Waals surface area (Å²) in [5.41, 5.74) is 0.928. The van der Waals surface area contributed by atoms with E-state index in [1.165, 1.54) is 6.42 Å². The number of carbonyl (C=O) groups excluding carboxylic acids is 1. The second-order valence-corrected chi connectivity index (χ2v) is 7.23. The van der Waals surface area contributed by atoms with Gasteiger partial charge < -0.3 is 14.4 Å². The van der Waals surface area contributed by atoms with Gasteiger partial charge in [0.2, 0.25) is 0 Å². The minimum atomic E-state index is -0.0767. The average Bonchev–Trinajstić information content (AvgIpc) is 2.95. The van der Waals surface area contributed by atoms with E-state index in [0.717, 1.165) is 50.4 Å². The quantitative estimate of drug-likeness (QED) is 0.899. The Labute approximate surface area is 142 Å². The van der Waals surface area contributed by atoms with E-state index in [9.17, 15) is 4.79 Å². The predicted octanol–water partition coefficient (Wildman–Crippen LogP) is 2.10. The van der Waals surface area contributed by atoms with E-state index in [0.29, 0.717) is 25.6 Å². The zero-order chi connectivity index (χ0) is 16.6. The van der Waals surface area contributed by atoms with Crippen LogP contribution in [0.5, 0.6) is 0 Å². The van der Waals surface area contributed by atoms with Gasteiger partial charge in [0, 0.05) is 32.2 Å². The van der Waals surface area contributed by atoms with Gasteiger partial charge in [-0.05, 0) is 32.1 Å².